The van der Waals surface area contributed by atoms with E-state index >= 15 is 0 Å². The van der Waals surface area contributed by atoms with Crippen molar-refractivity contribution in [2.75, 3.05) is 20.1 Å². The van der Waals surface area contributed by atoms with Crippen LogP contribution in [0.15, 0.2) is 60.8 Å². The molecule has 2 heterocycles. The Morgan fingerprint density at radius 1 is 1.21 bits per heavy atom. The summed E-state index contributed by atoms with van der Waals surface area (Å²) >= 11 is 0. The van der Waals surface area contributed by atoms with E-state index < -0.39 is 17.7 Å². The topological polar surface area (TPSA) is 107 Å². The number of para-hydroxylation sites is 1. The van der Waals surface area contributed by atoms with Gasteiger partial charge in [-0.15, -0.1) is 0 Å². The summed E-state index contributed by atoms with van der Waals surface area (Å²) in [5, 5.41) is 17.7. The van der Waals surface area contributed by atoms with E-state index in [1.807, 2.05) is 67.7 Å². The Balaban J connectivity index is 1.44. The van der Waals surface area contributed by atoms with Crippen LogP contribution in [0.4, 0.5) is 4.79 Å². The highest BCUT2D eigenvalue weighted by Crippen LogP contribution is 2.38. The van der Waals surface area contributed by atoms with Crippen molar-refractivity contribution in [3.8, 4) is 0 Å². The van der Waals surface area contributed by atoms with Crippen molar-refractivity contribution in [1.29, 1.82) is 0 Å². The first-order valence-corrected chi connectivity index (χ1v) is 11.2. The van der Waals surface area contributed by atoms with E-state index in [2.05, 4.69) is 15.6 Å². The van der Waals surface area contributed by atoms with Gasteiger partial charge in [0.05, 0.1) is 0 Å². The molecule has 3 aromatic rings. The van der Waals surface area contributed by atoms with E-state index in [1.54, 1.807) is 7.05 Å². The van der Waals surface area contributed by atoms with Crippen LogP contribution < -0.4 is 10.6 Å². The number of hydrogen-bond acceptors (Lipinski definition) is 5. The third kappa shape index (κ3) is 4.58. The third-order valence-corrected chi connectivity index (χ3v) is 6.52. The highest BCUT2D eigenvalue weighted by atomic mass is 16.6. The van der Waals surface area contributed by atoms with Gasteiger partial charge < -0.3 is 19.7 Å². The Morgan fingerprint density at radius 2 is 1.94 bits per heavy atom. The van der Waals surface area contributed by atoms with Crippen LogP contribution in [0.25, 0.3) is 10.9 Å². The van der Waals surface area contributed by atoms with Crippen LogP contribution in [0, 0.1) is 0 Å². The number of nitrogens with one attached hydrogen (secondary N) is 3. The highest BCUT2D eigenvalue weighted by molar-refractivity contribution is 5.87. The number of carbonyl (C=O) groups is 2. The zero-order chi connectivity index (χ0) is 23.4. The lowest BCUT2D eigenvalue weighted by molar-refractivity contribution is -0.146. The van der Waals surface area contributed by atoms with Gasteiger partial charge in [-0.05, 0) is 37.1 Å². The predicted molar refractivity (Wildman–Crippen MR) is 126 cm³/mol. The zero-order valence-electron chi connectivity index (χ0n) is 18.9. The summed E-state index contributed by atoms with van der Waals surface area (Å²) in [6.45, 7) is 2.91. The molecule has 0 saturated carbocycles. The maximum absolute atomic E-state index is 12.5. The van der Waals surface area contributed by atoms with Crippen molar-refractivity contribution in [3.63, 3.8) is 0 Å². The monoisotopic (exact) mass is 450 g/mol. The second-order valence-corrected chi connectivity index (χ2v) is 8.55. The Bertz CT molecular complexity index is 1120. The molecule has 4 rings (SSSR count). The molecule has 0 bridgehead atoms. The number of hydrogen-bond donors (Lipinski definition) is 4. The van der Waals surface area contributed by atoms with Gasteiger partial charge in [0.1, 0.15) is 6.61 Å². The van der Waals surface area contributed by atoms with Crippen LogP contribution in [0.5, 0.6) is 0 Å². The van der Waals surface area contributed by atoms with Crippen LogP contribution in [0.1, 0.15) is 30.4 Å². The van der Waals surface area contributed by atoms with E-state index in [0.29, 0.717) is 13.0 Å². The number of carbonyl (C=O) groups excluding carboxylic acids is 1. The fourth-order valence-electron chi connectivity index (χ4n) is 4.46. The van der Waals surface area contributed by atoms with Crippen molar-refractivity contribution >= 4 is 23.0 Å². The van der Waals surface area contributed by atoms with Crippen molar-refractivity contribution in [3.05, 3.63) is 71.9 Å². The number of ether oxygens (including phenoxy) is 1. The van der Waals surface area contributed by atoms with E-state index in [9.17, 15) is 14.7 Å². The number of amides is 1. The van der Waals surface area contributed by atoms with E-state index in [4.69, 9.17) is 4.74 Å². The lowest BCUT2D eigenvalue weighted by Crippen LogP contribution is -2.64. The molecule has 0 aliphatic carbocycles. The van der Waals surface area contributed by atoms with Gasteiger partial charge in [0, 0.05) is 42.7 Å². The first-order valence-electron chi connectivity index (χ1n) is 11.2. The molecular weight excluding hydrogens is 420 g/mol. The average molecular weight is 451 g/mol. The summed E-state index contributed by atoms with van der Waals surface area (Å²) in [6, 6.07) is 17.1. The smallest absolute Gasteiger partial charge is 0.410 e. The molecule has 3 atom stereocenters. The Morgan fingerprint density at radius 3 is 2.70 bits per heavy atom. The Hall–Kier alpha value is -3.36. The molecule has 1 aliphatic rings. The van der Waals surface area contributed by atoms with E-state index in [1.165, 1.54) is 4.90 Å². The molecule has 8 heteroatoms. The molecule has 1 fully saturated rings. The summed E-state index contributed by atoms with van der Waals surface area (Å²) in [5.41, 5.74) is 1.53. The number of aromatic nitrogens is 1. The molecule has 174 valence electrons. The normalized spacial score (nSPS) is 21.1. The molecule has 2 aromatic carbocycles. The number of benzene rings is 2. The van der Waals surface area contributed by atoms with Crippen LogP contribution in [-0.4, -0.2) is 58.9 Å². The molecule has 0 radical (unpaired) electrons. The minimum atomic E-state index is -1.33. The summed E-state index contributed by atoms with van der Waals surface area (Å²) < 4.78 is 5.41. The molecule has 4 N–H and O–H groups in total. The van der Waals surface area contributed by atoms with Gasteiger partial charge in [0.15, 0.2) is 5.66 Å². The number of likely N-dealkylation sites (N-methyl/N-ethyl adjacent to an activating group) is 1. The number of carboxylic acids is 1. The minimum absolute atomic E-state index is 0.188. The molecular formula is C25H30N4O4. The second kappa shape index (κ2) is 9.64. The fourth-order valence-corrected chi connectivity index (χ4v) is 4.46. The third-order valence-electron chi connectivity index (χ3n) is 6.52. The van der Waals surface area contributed by atoms with Crippen LogP contribution >= 0.6 is 0 Å². The number of aliphatic carboxylic acids is 1. The van der Waals surface area contributed by atoms with Crippen LogP contribution in [0.2, 0.25) is 0 Å². The number of aromatic amines is 1. The summed E-state index contributed by atoms with van der Waals surface area (Å²) in [4.78, 5) is 29.7. The zero-order valence-corrected chi connectivity index (χ0v) is 18.9. The average Bonchev–Trinajstić information content (AvgIpc) is 3.45. The predicted octanol–water partition coefficient (Wildman–Crippen LogP) is 3.27. The van der Waals surface area contributed by atoms with Gasteiger partial charge in [0.25, 0.3) is 0 Å². The fraction of sp³-hybridized carbons (Fsp3) is 0.360. The lowest BCUT2D eigenvalue weighted by Gasteiger charge is -2.35. The Kier molecular flexibility index (Phi) is 6.67. The van der Waals surface area contributed by atoms with Gasteiger partial charge in [-0.25, -0.2) is 9.59 Å². The number of rotatable bonds is 8. The van der Waals surface area contributed by atoms with E-state index in [-0.39, 0.29) is 25.1 Å². The van der Waals surface area contributed by atoms with Crippen molar-refractivity contribution in [2.45, 2.75) is 37.6 Å². The maximum Gasteiger partial charge on any atom is 0.410 e. The van der Waals surface area contributed by atoms with E-state index in [0.717, 1.165) is 22.0 Å². The van der Waals surface area contributed by atoms with Gasteiger partial charge in [-0.2, -0.15) is 0 Å². The highest BCUT2D eigenvalue weighted by Gasteiger charge is 2.50. The minimum Gasteiger partial charge on any atom is -0.479 e. The first-order chi connectivity index (χ1) is 15.9. The van der Waals surface area contributed by atoms with Crippen molar-refractivity contribution in [1.82, 2.24) is 20.5 Å². The molecule has 0 spiro atoms. The van der Waals surface area contributed by atoms with Gasteiger partial charge in [0.2, 0.25) is 0 Å². The lowest BCUT2D eigenvalue weighted by atomic mass is 9.86. The molecule has 1 aliphatic heterocycles. The molecule has 1 saturated heterocycles. The number of nitrogens with zero attached hydrogens (tertiary/aromatic N) is 1. The summed E-state index contributed by atoms with van der Waals surface area (Å²) in [7, 11) is 1.66. The molecule has 1 unspecified atom stereocenters. The number of fused-ring (bicyclic) bond motifs is 1. The first kappa shape index (κ1) is 22.8. The van der Waals surface area contributed by atoms with Gasteiger partial charge in [-0.1, -0.05) is 48.5 Å². The summed E-state index contributed by atoms with van der Waals surface area (Å²) in [5.74, 6) is -1.23. The maximum atomic E-state index is 12.5. The largest absolute Gasteiger partial charge is 0.479 e. The SMILES string of the molecule is C[C@@H](CN[C@@]1(C(=O)O)NCCC1c1c[nH]c2ccccc12)N(C)C(=O)OCc1ccccc1. The Labute approximate surface area is 192 Å². The van der Waals surface area contributed by atoms with Crippen molar-refractivity contribution < 1.29 is 19.4 Å². The molecule has 1 amide bonds. The second-order valence-electron chi connectivity index (χ2n) is 8.55. The molecule has 1 aromatic heterocycles. The standard InChI is InChI=1S/C25H30N4O4/c1-17(29(2)24(32)33-16-18-8-4-3-5-9-18)14-28-25(23(30)31)21(12-13-27-25)20-15-26-22-11-7-6-10-19(20)22/h3-11,15,17,21,26-28H,12-14,16H2,1-2H3,(H,30,31)/t17-,21?,25-/m0/s1. The van der Waals surface area contributed by atoms with Gasteiger partial charge >= 0.3 is 12.1 Å². The quantitative estimate of drug-likeness (QED) is 0.420. The van der Waals surface area contributed by atoms with Crippen molar-refractivity contribution in [2.24, 2.45) is 0 Å². The molecule has 8 nitrogen and oxygen atoms in total. The number of H-pyrrole nitrogens is 1. The summed E-state index contributed by atoms with van der Waals surface area (Å²) in [6.07, 6.45) is 2.13. The van der Waals surface area contributed by atoms with Gasteiger partial charge in [-0.3, -0.25) is 10.6 Å². The molecule has 33 heavy (non-hydrogen) atoms. The number of carboxylic acid groups (broad SMARTS) is 1. The van der Waals surface area contributed by atoms with Crippen LogP contribution in [-0.2, 0) is 16.1 Å². The van der Waals surface area contributed by atoms with Crippen LogP contribution in [0.3, 0.4) is 0 Å².